The van der Waals surface area contributed by atoms with Crippen molar-refractivity contribution in [3.63, 3.8) is 0 Å². The third-order valence-corrected chi connectivity index (χ3v) is 5.67. The van der Waals surface area contributed by atoms with Crippen molar-refractivity contribution >= 4 is 26.0 Å². The summed E-state index contributed by atoms with van der Waals surface area (Å²) in [6, 6.07) is 8.62. The van der Waals surface area contributed by atoms with Crippen LogP contribution in [-0.4, -0.2) is 19.3 Å². The topological polar surface area (TPSA) is 70.0 Å². The predicted molar refractivity (Wildman–Crippen MR) is 77.3 cm³/mol. The van der Waals surface area contributed by atoms with Crippen LogP contribution in [0.3, 0.4) is 0 Å². The molecule has 0 saturated heterocycles. The molecule has 2 rings (SSSR count). The van der Waals surface area contributed by atoms with Gasteiger partial charge in [-0.1, -0.05) is 34.5 Å². The summed E-state index contributed by atoms with van der Waals surface area (Å²) in [6.45, 7) is 0. The fraction of sp³-hybridized carbons (Fsp3) is 0.462. The molecule has 102 valence electrons. The molecule has 0 spiro atoms. The summed E-state index contributed by atoms with van der Waals surface area (Å²) in [5, 5.41) is 8.69. The Morgan fingerprint density at radius 3 is 2.53 bits per heavy atom. The number of alkyl halides is 1. The summed E-state index contributed by atoms with van der Waals surface area (Å²) in [5.74, 6) is -0.0467. The van der Waals surface area contributed by atoms with Crippen molar-refractivity contribution in [1.29, 1.82) is 5.26 Å². The average Bonchev–Trinajstić information content (AvgIpc) is 2.75. The molecule has 1 aromatic rings. The third kappa shape index (κ3) is 4.03. The first-order chi connectivity index (χ1) is 9.00. The first-order valence-electron chi connectivity index (χ1n) is 6.13. The van der Waals surface area contributed by atoms with Crippen molar-refractivity contribution in [1.82, 2.24) is 4.72 Å². The Hall–Kier alpha value is -0.900. The van der Waals surface area contributed by atoms with Crippen molar-refractivity contribution in [2.45, 2.75) is 35.9 Å². The lowest BCUT2D eigenvalue weighted by Crippen LogP contribution is -2.38. The summed E-state index contributed by atoms with van der Waals surface area (Å²) < 4.78 is 26.9. The minimum Gasteiger partial charge on any atom is -0.212 e. The summed E-state index contributed by atoms with van der Waals surface area (Å²) in [4.78, 5) is 0.225. The highest BCUT2D eigenvalue weighted by atomic mass is 79.9. The van der Waals surface area contributed by atoms with Crippen LogP contribution in [0.15, 0.2) is 24.3 Å². The van der Waals surface area contributed by atoms with Crippen LogP contribution in [0.5, 0.6) is 0 Å². The van der Waals surface area contributed by atoms with Crippen LogP contribution < -0.4 is 4.72 Å². The summed E-state index contributed by atoms with van der Waals surface area (Å²) in [6.07, 6.45) is 2.92. The third-order valence-electron chi connectivity index (χ3n) is 3.20. The van der Waals surface area contributed by atoms with Gasteiger partial charge < -0.3 is 0 Å². The van der Waals surface area contributed by atoms with E-state index >= 15 is 0 Å². The van der Waals surface area contributed by atoms with Crippen molar-refractivity contribution in [3.8, 4) is 6.07 Å². The first-order valence-corrected chi connectivity index (χ1v) is 8.70. The molecule has 0 aromatic heterocycles. The Morgan fingerprint density at radius 2 is 2.00 bits per heavy atom. The van der Waals surface area contributed by atoms with E-state index in [2.05, 4.69) is 20.7 Å². The number of nitriles is 1. The van der Waals surface area contributed by atoms with Gasteiger partial charge in [-0.05, 0) is 30.5 Å². The molecule has 0 bridgehead atoms. The molecule has 1 aliphatic rings. The fourth-order valence-corrected chi connectivity index (χ4v) is 4.57. The van der Waals surface area contributed by atoms with Crippen LogP contribution in [-0.2, 0) is 15.8 Å². The van der Waals surface area contributed by atoms with Crippen LogP contribution in [0, 0.1) is 11.3 Å². The molecular formula is C13H15BrN2O2S. The van der Waals surface area contributed by atoms with E-state index in [-0.39, 0.29) is 16.6 Å². The molecule has 0 heterocycles. The van der Waals surface area contributed by atoms with Gasteiger partial charge >= 0.3 is 0 Å². The van der Waals surface area contributed by atoms with E-state index < -0.39 is 10.0 Å². The molecule has 1 aliphatic carbocycles. The van der Waals surface area contributed by atoms with E-state index in [1.54, 1.807) is 24.3 Å². The first kappa shape index (κ1) is 14.5. The van der Waals surface area contributed by atoms with Gasteiger partial charge in [-0.3, -0.25) is 0 Å². The number of sulfonamides is 1. The van der Waals surface area contributed by atoms with Crippen LogP contribution in [0.4, 0.5) is 0 Å². The van der Waals surface area contributed by atoms with Crippen molar-refractivity contribution < 1.29 is 8.42 Å². The summed E-state index contributed by atoms with van der Waals surface area (Å²) >= 11 is 3.50. The van der Waals surface area contributed by atoms with E-state index in [9.17, 15) is 8.42 Å². The predicted octanol–water partition coefficient (Wildman–Crippen LogP) is 2.29. The quantitative estimate of drug-likeness (QED) is 0.853. The lowest BCUT2D eigenvalue weighted by Gasteiger charge is -2.16. The molecule has 19 heavy (non-hydrogen) atoms. The highest BCUT2D eigenvalue weighted by molar-refractivity contribution is 9.09. The molecular weight excluding hydrogens is 328 g/mol. The minimum atomic E-state index is -3.33. The number of halogens is 1. The van der Waals surface area contributed by atoms with E-state index in [0.717, 1.165) is 19.3 Å². The molecule has 1 saturated carbocycles. The number of benzene rings is 1. The van der Waals surface area contributed by atoms with Gasteiger partial charge in [-0.2, -0.15) is 5.26 Å². The Labute approximate surface area is 122 Å². The monoisotopic (exact) mass is 342 g/mol. The van der Waals surface area contributed by atoms with E-state index in [1.807, 2.05) is 6.07 Å². The molecule has 0 aliphatic heterocycles. The van der Waals surface area contributed by atoms with Crippen molar-refractivity contribution in [2.75, 3.05) is 0 Å². The zero-order valence-electron chi connectivity index (χ0n) is 10.3. The number of hydrogen-bond acceptors (Lipinski definition) is 3. The minimum absolute atomic E-state index is 0.0108. The molecule has 1 aromatic carbocycles. The summed E-state index contributed by atoms with van der Waals surface area (Å²) in [5.41, 5.74) is 1.22. The number of rotatable bonds is 4. The SMILES string of the molecule is N#Cc1ccc(CS(=O)(=O)NC2CCCC2Br)cc1. The highest BCUT2D eigenvalue weighted by Gasteiger charge is 2.28. The van der Waals surface area contributed by atoms with Gasteiger partial charge in [0.2, 0.25) is 10.0 Å². The maximum atomic E-state index is 12.1. The second kappa shape index (κ2) is 6.04. The molecule has 2 unspecified atom stereocenters. The number of nitrogens with zero attached hydrogens (tertiary/aromatic N) is 1. The van der Waals surface area contributed by atoms with Gasteiger partial charge in [-0.25, -0.2) is 13.1 Å². The number of nitrogens with one attached hydrogen (secondary N) is 1. The largest absolute Gasteiger partial charge is 0.216 e. The van der Waals surface area contributed by atoms with Crippen LogP contribution >= 0.6 is 15.9 Å². The van der Waals surface area contributed by atoms with Crippen LogP contribution in [0.25, 0.3) is 0 Å². The number of hydrogen-bond donors (Lipinski definition) is 1. The van der Waals surface area contributed by atoms with Gasteiger partial charge in [0.25, 0.3) is 0 Å². The van der Waals surface area contributed by atoms with Gasteiger partial charge in [0.15, 0.2) is 0 Å². The van der Waals surface area contributed by atoms with Gasteiger partial charge in [0, 0.05) is 10.9 Å². The lowest BCUT2D eigenvalue weighted by molar-refractivity contribution is 0.555. The molecule has 4 nitrogen and oxygen atoms in total. The molecule has 1 N–H and O–H groups in total. The Kier molecular flexibility index (Phi) is 4.61. The zero-order valence-corrected chi connectivity index (χ0v) is 12.7. The van der Waals surface area contributed by atoms with E-state index in [4.69, 9.17) is 5.26 Å². The Morgan fingerprint density at radius 1 is 1.32 bits per heavy atom. The van der Waals surface area contributed by atoms with E-state index in [0.29, 0.717) is 11.1 Å². The highest BCUT2D eigenvalue weighted by Crippen LogP contribution is 2.26. The maximum Gasteiger partial charge on any atom is 0.216 e. The second-order valence-electron chi connectivity index (χ2n) is 4.74. The van der Waals surface area contributed by atoms with Crippen molar-refractivity contribution in [2.24, 2.45) is 0 Å². The smallest absolute Gasteiger partial charge is 0.212 e. The van der Waals surface area contributed by atoms with E-state index in [1.165, 1.54) is 0 Å². The summed E-state index contributed by atoms with van der Waals surface area (Å²) in [7, 11) is -3.33. The molecule has 0 radical (unpaired) electrons. The molecule has 2 atom stereocenters. The molecule has 6 heteroatoms. The Balaban J connectivity index is 2.02. The zero-order chi connectivity index (χ0) is 13.9. The average molecular weight is 343 g/mol. The van der Waals surface area contributed by atoms with Gasteiger partial charge in [0.05, 0.1) is 17.4 Å². The molecule has 0 amide bonds. The van der Waals surface area contributed by atoms with Crippen LogP contribution in [0.2, 0.25) is 0 Å². The maximum absolute atomic E-state index is 12.1. The van der Waals surface area contributed by atoms with Crippen molar-refractivity contribution in [3.05, 3.63) is 35.4 Å². The standard InChI is InChI=1S/C13H15BrN2O2S/c14-12-2-1-3-13(12)16-19(17,18)9-11-6-4-10(8-15)5-7-11/h4-7,12-13,16H,1-3,9H2. The van der Waals surface area contributed by atoms with Crippen LogP contribution in [0.1, 0.15) is 30.4 Å². The second-order valence-corrected chi connectivity index (χ2v) is 7.67. The van der Waals surface area contributed by atoms with Gasteiger partial charge in [0.1, 0.15) is 0 Å². The molecule has 1 fully saturated rings. The fourth-order valence-electron chi connectivity index (χ4n) is 2.21. The lowest BCUT2D eigenvalue weighted by atomic mass is 10.2. The Bertz CT molecular complexity index is 578. The van der Waals surface area contributed by atoms with Gasteiger partial charge in [-0.15, -0.1) is 0 Å². The normalized spacial score (nSPS) is 23.2.